The van der Waals surface area contributed by atoms with Gasteiger partial charge in [0.25, 0.3) is 0 Å². The molecule has 0 aromatic rings. The summed E-state index contributed by atoms with van der Waals surface area (Å²) in [6.45, 7) is 3.58. The summed E-state index contributed by atoms with van der Waals surface area (Å²) in [7, 11) is 0. The number of carboxylic acids is 2. The van der Waals surface area contributed by atoms with Gasteiger partial charge in [0.15, 0.2) is 0 Å². The van der Waals surface area contributed by atoms with Gasteiger partial charge < -0.3 is 15.1 Å². The van der Waals surface area contributed by atoms with E-state index < -0.39 is 17.9 Å². The fourth-order valence-corrected chi connectivity index (χ4v) is 1.44. The number of hydrogen-bond donors (Lipinski definition) is 2. The Hall–Kier alpha value is -1.59. The van der Waals surface area contributed by atoms with Crippen molar-refractivity contribution in [1.82, 2.24) is 4.90 Å². The largest absolute Gasteiger partial charge is 0.481 e. The Kier molecular flexibility index (Phi) is 7.74. The minimum Gasteiger partial charge on any atom is -0.481 e. The van der Waals surface area contributed by atoms with Crippen LogP contribution < -0.4 is 0 Å². The molecule has 6 heteroatoms. The average Bonchev–Trinajstić information content (AvgIpc) is 2.30. The number of carbonyl (C=O) groups excluding carboxylic acids is 1. The van der Waals surface area contributed by atoms with E-state index in [1.807, 2.05) is 6.92 Å². The van der Waals surface area contributed by atoms with Gasteiger partial charge in [0.05, 0.1) is 12.3 Å². The lowest BCUT2D eigenvalue weighted by atomic mass is 10.1. The molecule has 0 bridgehead atoms. The van der Waals surface area contributed by atoms with Crippen LogP contribution in [-0.4, -0.2) is 46.0 Å². The van der Waals surface area contributed by atoms with Crippen molar-refractivity contribution < 1.29 is 24.6 Å². The first-order valence-corrected chi connectivity index (χ1v) is 6.10. The van der Waals surface area contributed by atoms with Gasteiger partial charge in [-0.25, -0.2) is 0 Å². The van der Waals surface area contributed by atoms with Crippen molar-refractivity contribution in [2.75, 3.05) is 13.1 Å². The average molecular weight is 259 g/mol. The second kappa shape index (κ2) is 8.49. The lowest BCUT2D eigenvalue weighted by molar-refractivity contribution is -0.143. The van der Waals surface area contributed by atoms with Gasteiger partial charge in [-0.1, -0.05) is 20.3 Å². The summed E-state index contributed by atoms with van der Waals surface area (Å²) in [6, 6.07) is 0. The van der Waals surface area contributed by atoms with E-state index in [0.29, 0.717) is 6.42 Å². The predicted molar refractivity (Wildman–Crippen MR) is 65.2 cm³/mol. The molecule has 0 aromatic carbocycles. The summed E-state index contributed by atoms with van der Waals surface area (Å²) in [4.78, 5) is 34.4. The van der Waals surface area contributed by atoms with E-state index in [9.17, 15) is 14.4 Å². The van der Waals surface area contributed by atoms with Gasteiger partial charge in [0, 0.05) is 19.5 Å². The van der Waals surface area contributed by atoms with Crippen LogP contribution in [0.25, 0.3) is 0 Å². The van der Waals surface area contributed by atoms with Crippen LogP contribution in [0.3, 0.4) is 0 Å². The molecule has 0 radical (unpaired) electrons. The monoisotopic (exact) mass is 259 g/mol. The molecule has 1 unspecified atom stereocenters. The minimum absolute atomic E-state index is 0.0607. The maximum Gasteiger partial charge on any atom is 0.308 e. The molecular weight excluding hydrogens is 238 g/mol. The van der Waals surface area contributed by atoms with Gasteiger partial charge >= 0.3 is 11.9 Å². The SMILES string of the molecule is CCCCC(=O)N(CCC(=O)O)CC(C)C(=O)O. The zero-order valence-corrected chi connectivity index (χ0v) is 10.9. The molecule has 0 heterocycles. The Labute approximate surface area is 107 Å². The fraction of sp³-hybridized carbons (Fsp3) is 0.750. The van der Waals surface area contributed by atoms with Crippen LogP contribution in [-0.2, 0) is 14.4 Å². The minimum atomic E-state index is -0.994. The molecule has 2 N–H and O–H groups in total. The van der Waals surface area contributed by atoms with Gasteiger partial charge in [-0.2, -0.15) is 0 Å². The number of rotatable bonds is 9. The summed E-state index contributed by atoms with van der Waals surface area (Å²) >= 11 is 0. The summed E-state index contributed by atoms with van der Waals surface area (Å²) in [5.74, 6) is -2.85. The third-order valence-corrected chi connectivity index (χ3v) is 2.61. The van der Waals surface area contributed by atoms with Crippen LogP contribution in [0.15, 0.2) is 0 Å². The van der Waals surface area contributed by atoms with Crippen LogP contribution >= 0.6 is 0 Å². The lowest BCUT2D eigenvalue weighted by Crippen LogP contribution is -2.38. The van der Waals surface area contributed by atoms with E-state index >= 15 is 0 Å². The zero-order chi connectivity index (χ0) is 14.1. The second-order valence-electron chi connectivity index (χ2n) is 4.33. The first-order valence-electron chi connectivity index (χ1n) is 6.10. The van der Waals surface area contributed by atoms with E-state index in [-0.39, 0.29) is 25.4 Å². The van der Waals surface area contributed by atoms with Gasteiger partial charge in [0.2, 0.25) is 5.91 Å². The number of carbonyl (C=O) groups is 3. The number of hydrogen-bond acceptors (Lipinski definition) is 3. The summed E-state index contributed by atoms with van der Waals surface area (Å²) in [5, 5.41) is 17.4. The molecular formula is C12H21NO5. The maximum absolute atomic E-state index is 11.8. The molecule has 18 heavy (non-hydrogen) atoms. The Morgan fingerprint density at radius 2 is 1.78 bits per heavy atom. The molecule has 0 fully saturated rings. The molecule has 104 valence electrons. The van der Waals surface area contributed by atoms with Crippen LogP contribution in [0.2, 0.25) is 0 Å². The Bertz CT molecular complexity index is 303. The van der Waals surface area contributed by atoms with Gasteiger partial charge in [-0.3, -0.25) is 14.4 Å². The molecule has 0 aliphatic carbocycles. The Balaban J connectivity index is 4.44. The number of nitrogens with zero attached hydrogens (tertiary/aromatic N) is 1. The summed E-state index contributed by atoms with van der Waals surface area (Å²) in [5.41, 5.74) is 0. The van der Waals surface area contributed by atoms with Crippen molar-refractivity contribution in [1.29, 1.82) is 0 Å². The smallest absolute Gasteiger partial charge is 0.308 e. The molecule has 1 amide bonds. The highest BCUT2D eigenvalue weighted by atomic mass is 16.4. The molecule has 1 atom stereocenters. The van der Waals surface area contributed by atoms with E-state index in [4.69, 9.17) is 10.2 Å². The summed E-state index contributed by atoms with van der Waals surface area (Å²) < 4.78 is 0. The highest BCUT2D eigenvalue weighted by Crippen LogP contribution is 2.06. The zero-order valence-electron chi connectivity index (χ0n) is 10.9. The van der Waals surface area contributed by atoms with E-state index in [1.165, 1.54) is 11.8 Å². The molecule has 0 aliphatic heterocycles. The number of amides is 1. The summed E-state index contributed by atoms with van der Waals surface area (Å²) in [6.07, 6.45) is 1.77. The topological polar surface area (TPSA) is 94.9 Å². The fourth-order valence-electron chi connectivity index (χ4n) is 1.44. The molecule has 0 rings (SSSR count). The first-order chi connectivity index (χ1) is 8.38. The molecule has 0 spiro atoms. The van der Waals surface area contributed by atoms with E-state index in [1.54, 1.807) is 0 Å². The van der Waals surface area contributed by atoms with Crippen molar-refractivity contribution in [2.45, 2.75) is 39.5 Å². The van der Waals surface area contributed by atoms with Gasteiger partial charge in [0.1, 0.15) is 0 Å². The Morgan fingerprint density at radius 1 is 1.17 bits per heavy atom. The van der Waals surface area contributed by atoms with Gasteiger partial charge in [-0.15, -0.1) is 0 Å². The van der Waals surface area contributed by atoms with E-state index in [0.717, 1.165) is 12.8 Å². The van der Waals surface area contributed by atoms with Crippen LogP contribution in [0.4, 0.5) is 0 Å². The van der Waals surface area contributed by atoms with Crippen LogP contribution in [0.5, 0.6) is 0 Å². The third-order valence-electron chi connectivity index (χ3n) is 2.61. The normalized spacial score (nSPS) is 11.9. The molecule has 0 aliphatic rings. The molecule has 0 aromatic heterocycles. The number of carboxylic acid groups (broad SMARTS) is 2. The van der Waals surface area contributed by atoms with E-state index in [2.05, 4.69) is 0 Å². The maximum atomic E-state index is 11.8. The molecule has 6 nitrogen and oxygen atoms in total. The molecule has 0 saturated carbocycles. The van der Waals surface area contributed by atoms with Crippen molar-refractivity contribution in [3.8, 4) is 0 Å². The number of unbranched alkanes of at least 4 members (excludes halogenated alkanes) is 1. The predicted octanol–water partition coefficient (Wildman–Crippen LogP) is 1.20. The first kappa shape index (κ1) is 16.4. The quantitative estimate of drug-likeness (QED) is 0.648. The highest BCUT2D eigenvalue weighted by Gasteiger charge is 2.20. The van der Waals surface area contributed by atoms with Crippen molar-refractivity contribution in [3.05, 3.63) is 0 Å². The lowest BCUT2D eigenvalue weighted by Gasteiger charge is -2.24. The van der Waals surface area contributed by atoms with Gasteiger partial charge in [-0.05, 0) is 6.42 Å². The van der Waals surface area contributed by atoms with Crippen molar-refractivity contribution >= 4 is 17.8 Å². The van der Waals surface area contributed by atoms with Crippen LogP contribution in [0, 0.1) is 5.92 Å². The third kappa shape index (κ3) is 6.88. The van der Waals surface area contributed by atoms with Crippen LogP contribution in [0.1, 0.15) is 39.5 Å². The standard InChI is InChI=1S/C12H21NO5/c1-3-4-5-10(14)13(7-6-11(15)16)8-9(2)12(17)18/h9H,3-8H2,1-2H3,(H,15,16)(H,17,18). The van der Waals surface area contributed by atoms with Crippen molar-refractivity contribution in [3.63, 3.8) is 0 Å². The van der Waals surface area contributed by atoms with Crippen molar-refractivity contribution in [2.24, 2.45) is 5.92 Å². The highest BCUT2D eigenvalue weighted by molar-refractivity contribution is 5.78. The second-order valence-corrected chi connectivity index (χ2v) is 4.33. The molecule has 0 saturated heterocycles. The Morgan fingerprint density at radius 3 is 2.22 bits per heavy atom. The number of aliphatic carboxylic acids is 2.